The summed E-state index contributed by atoms with van der Waals surface area (Å²) in [6, 6.07) is 10.8. The molecule has 4 rings (SSSR count). The van der Waals surface area contributed by atoms with Crippen LogP contribution in [0.15, 0.2) is 30.3 Å². The van der Waals surface area contributed by atoms with Crippen molar-refractivity contribution in [2.75, 3.05) is 31.1 Å². The van der Waals surface area contributed by atoms with Gasteiger partial charge in [-0.2, -0.15) is 0 Å². The summed E-state index contributed by atoms with van der Waals surface area (Å²) in [4.78, 5) is 7.23. The highest BCUT2D eigenvalue weighted by atomic mass is 15.2. The van der Waals surface area contributed by atoms with Crippen molar-refractivity contribution >= 4 is 16.6 Å². The summed E-state index contributed by atoms with van der Waals surface area (Å²) in [5.74, 6) is 1.71. The zero-order chi connectivity index (χ0) is 13.5. The molecule has 0 amide bonds. The highest BCUT2D eigenvalue weighted by Gasteiger charge is 2.33. The molecule has 3 heterocycles. The van der Waals surface area contributed by atoms with Crippen LogP contribution in [0.5, 0.6) is 0 Å². The van der Waals surface area contributed by atoms with Crippen molar-refractivity contribution in [1.29, 1.82) is 0 Å². The molecule has 104 valence electrons. The third kappa shape index (κ3) is 1.97. The standard InChI is InChI=1S/C17H21N3/c1-12-8-17(15-4-2-3-5-16(15)19-12)20-7-6-13-9-18-10-14(13)11-20/h2-5,8,13-14,18H,6-7,9-11H2,1H3. The average Bonchev–Trinajstić information content (AvgIpc) is 2.93. The molecule has 0 aliphatic carbocycles. The lowest BCUT2D eigenvalue weighted by Gasteiger charge is -2.36. The fourth-order valence-corrected chi connectivity index (χ4v) is 3.80. The van der Waals surface area contributed by atoms with Crippen molar-refractivity contribution in [1.82, 2.24) is 10.3 Å². The van der Waals surface area contributed by atoms with Crippen LogP contribution >= 0.6 is 0 Å². The quantitative estimate of drug-likeness (QED) is 0.861. The molecule has 3 heteroatoms. The first-order chi connectivity index (χ1) is 9.81. The molecule has 1 N–H and O–H groups in total. The van der Waals surface area contributed by atoms with Crippen LogP contribution in [0.25, 0.3) is 10.9 Å². The molecule has 3 nitrogen and oxygen atoms in total. The SMILES string of the molecule is Cc1cc(N2CCC3CNCC3C2)c2ccccc2n1. The number of anilines is 1. The fraction of sp³-hybridized carbons (Fsp3) is 0.471. The van der Waals surface area contributed by atoms with Crippen LogP contribution in [0.1, 0.15) is 12.1 Å². The second kappa shape index (κ2) is 4.74. The van der Waals surface area contributed by atoms with Crippen molar-refractivity contribution < 1.29 is 0 Å². The molecule has 0 saturated carbocycles. The summed E-state index contributed by atoms with van der Waals surface area (Å²) in [5, 5.41) is 4.84. The van der Waals surface area contributed by atoms with E-state index in [1.54, 1.807) is 0 Å². The predicted molar refractivity (Wildman–Crippen MR) is 83.2 cm³/mol. The van der Waals surface area contributed by atoms with Crippen LogP contribution in [-0.4, -0.2) is 31.2 Å². The summed E-state index contributed by atoms with van der Waals surface area (Å²) in [6.45, 7) is 6.86. The average molecular weight is 267 g/mol. The van der Waals surface area contributed by atoms with Crippen LogP contribution in [0.2, 0.25) is 0 Å². The first kappa shape index (κ1) is 12.2. The zero-order valence-electron chi connectivity index (χ0n) is 12.0. The van der Waals surface area contributed by atoms with E-state index in [4.69, 9.17) is 0 Å². The smallest absolute Gasteiger partial charge is 0.0726 e. The Labute approximate surface area is 120 Å². The van der Waals surface area contributed by atoms with E-state index in [1.807, 2.05) is 0 Å². The van der Waals surface area contributed by atoms with E-state index in [1.165, 1.54) is 43.7 Å². The Morgan fingerprint density at radius 1 is 1.20 bits per heavy atom. The molecule has 2 unspecified atom stereocenters. The number of rotatable bonds is 1. The highest BCUT2D eigenvalue weighted by Crippen LogP contribution is 2.33. The van der Waals surface area contributed by atoms with E-state index in [2.05, 4.69) is 52.5 Å². The van der Waals surface area contributed by atoms with Gasteiger partial charge < -0.3 is 10.2 Å². The lowest BCUT2D eigenvalue weighted by Crippen LogP contribution is -2.40. The van der Waals surface area contributed by atoms with Gasteiger partial charge in [0.15, 0.2) is 0 Å². The van der Waals surface area contributed by atoms with Gasteiger partial charge in [-0.05, 0) is 50.4 Å². The number of fused-ring (bicyclic) bond motifs is 2. The van der Waals surface area contributed by atoms with E-state index in [0.29, 0.717) is 0 Å². The van der Waals surface area contributed by atoms with Gasteiger partial charge in [-0.25, -0.2) is 0 Å². The van der Waals surface area contributed by atoms with Gasteiger partial charge in [0.25, 0.3) is 0 Å². The lowest BCUT2D eigenvalue weighted by molar-refractivity contribution is 0.349. The molecule has 0 radical (unpaired) electrons. The van der Waals surface area contributed by atoms with Crippen LogP contribution in [-0.2, 0) is 0 Å². The van der Waals surface area contributed by atoms with E-state index < -0.39 is 0 Å². The number of aryl methyl sites for hydroxylation is 1. The Hall–Kier alpha value is -1.61. The molecular formula is C17H21N3. The van der Waals surface area contributed by atoms with Crippen molar-refractivity contribution in [3.8, 4) is 0 Å². The Morgan fingerprint density at radius 3 is 3.00 bits per heavy atom. The number of hydrogen-bond acceptors (Lipinski definition) is 3. The Balaban J connectivity index is 1.74. The summed E-state index contributed by atoms with van der Waals surface area (Å²) in [5.41, 5.74) is 3.61. The maximum absolute atomic E-state index is 4.66. The molecule has 0 spiro atoms. The van der Waals surface area contributed by atoms with Crippen LogP contribution in [0, 0.1) is 18.8 Å². The van der Waals surface area contributed by atoms with Crippen molar-refractivity contribution in [3.63, 3.8) is 0 Å². The maximum atomic E-state index is 4.66. The predicted octanol–water partition coefficient (Wildman–Crippen LogP) is 2.59. The summed E-state index contributed by atoms with van der Waals surface area (Å²) < 4.78 is 0. The number of para-hydroxylation sites is 1. The normalized spacial score (nSPS) is 25.9. The molecule has 2 fully saturated rings. The Bertz CT molecular complexity index is 637. The van der Waals surface area contributed by atoms with Crippen molar-refractivity contribution in [2.45, 2.75) is 13.3 Å². The van der Waals surface area contributed by atoms with Gasteiger partial charge in [-0.15, -0.1) is 0 Å². The number of nitrogens with one attached hydrogen (secondary N) is 1. The molecule has 2 atom stereocenters. The molecule has 2 saturated heterocycles. The van der Waals surface area contributed by atoms with Crippen molar-refractivity contribution in [2.24, 2.45) is 11.8 Å². The first-order valence-corrected chi connectivity index (χ1v) is 7.63. The third-order valence-electron chi connectivity index (χ3n) is 4.87. The van der Waals surface area contributed by atoms with E-state index in [0.717, 1.165) is 23.0 Å². The number of piperidine rings is 1. The fourth-order valence-electron chi connectivity index (χ4n) is 3.80. The van der Waals surface area contributed by atoms with Gasteiger partial charge in [0.2, 0.25) is 0 Å². The number of pyridine rings is 1. The molecule has 2 aromatic rings. The van der Waals surface area contributed by atoms with Gasteiger partial charge in [0, 0.05) is 29.9 Å². The molecule has 2 aliphatic rings. The number of hydrogen-bond donors (Lipinski definition) is 1. The van der Waals surface area contributed by atoms with E-state index in [-0.39, 0.29) is 0 Å². The summed E-state index contributed by atoms with van der Waals surface area (Å²) >= 11 is 0. The van der Waals surface area contributed by atoms with E-state index >= 15 is 0 Å². The van der Waals surface area contributed by atoms with Gasteiger partial charge >= 0.3 is 0 Å². The number of benzene rings is 1. The van der Waals surface area contributed by atoms with Gasteiger partial charge in [0.05, 0.1) is 5.52 Å². The molecule has 1 aromatic carbocycles. The van der Waals surface area contributed by atoms with Gasteiger partial charge in [-0.1, -0.05) is 18.2 Å². The minimum atomic E-state index is 0.816. The van der Waals surface area contributed by atoms with Crippen molar-refractivity contribution in [3.05, 3.63) is 36.0 Å². The van der Waals surface area contributed by atoms with Gasteiger partial charge in [0.1, 0.15) is 0 Å². The third-order valence-corrected chi connectivity index (χ3v) is 4.87. The molecular weight excluding hydrogens is 246 g/mol. The first-order valence-electron chi connectivity index (χ1n) is 7.63. The van der Waals surface area contributed by atoms with Crippen LogP contribution in [0.3, 0.4) is 0 Å². The van der Waals surface area contributed by atoms with Crippen LogP contribution < -0.4 is 10.2 Å². The molecule has 20 heavy (non-hydrogen) atoms. The number of aromatic nitrogens is 1. The van der Waals surface area contributed by atoms with E-state index in [9.17, 15) is 0 Å². The maximum Gasteiger partial charge on any atom is 0.0726 e. The zero-order valence-corrected chi connectivity index (χ0v) is 12.0. The second-order valence-electron chi connectivity index (χ2n) is 6.21. The lowest BCUT2D eigenvalue weighted by atomic mass is 9.88. The molecule has 2 aliphatic heterocycles. The summed E-state index contributed by atoms with van der Waals surface area (Å²) in [6.07, 6.45) is 1.31. The summed E-state index contributed by atoms with van der Waals surface area (Å²) in [7, 11) is 0. The second-order valence-corrected chi connectivity index (χ2v) is 6.21. The minimum absolute atomic E-state index is 0.816. The number of nitrogens with zero attached hydrogens (tertiary/aromatic N) is 2. The Morgan fingerprint density at radius 2 is 2.05 bits per heavy atom. The highest BCUT2D eigenvalue weighted by molar-refractivity contribution is 5.92. The minimum Gasteiger partial charge on any atom is -0.371 e. The van der Waals surface area contributed by atoms with Crippen LogP contribution in [0.4, 0.5) is 5.69 Å². The molecule has 1 aromatic heterocycles. The van der Waals surface area contributed by atoms with Gasteiger partial charge in [-0.3, -0.25) is 4.98 Å². The Kier molecular flexibility index (Phi) is 2.88. The largest absolute Gasteiger partial charge is 0.371 e. The monoisotopic (exact) mass is 267 g/mol. The molecule has 0 bridgehead atoms. The topological polar surface area (TPSA) is 28.2 Å².